The largest absolute Gasteiger partial charge is 0.477 e. The average molecular weight is 431 g/mol. The molecule has 0 bridgehead atoms. The number of aromatic carboxylic acids is 1. The molecule has 2 aromatic carbocycles. The number of likely N-dealkylation sites (tertiary alicyclic amines) is 1. The van der Waals surface area contributed by atoms with Crippen molar-refractivity contribution >= 4 is 5.97 Å². The molecule has 166 valence electrons. The first-order valence-corrected chi connectivity index (χ1v) is 11.3. The fourth-order valence-electron chi connectivity index (χ4n) is 4.80. The molecular weight excluding hydrogens is 400 g/mol. The molecule has 1 aliphatic heterocycles. The van der Waals surface area contributed by atoms with Crippen LogP contribution in [0.5, 0.6) is 0 Å². The molecule has 0 radical (unpaired) electrons. The molecule has 0 amide bonds. The molecule has 1 fully saturated rings. The average Bonchev–Trinajstić information content (AvgIpc) is 2.81. The zero-order chi connectivity index (χ0) is 22.5. The third kappa shape index (κ3) is 5.00. The number of nitrogens with zero attached hydrogens (tertiary/aromatic N) is 2. The maximum absolute atomic E-state index is 12.2. The van der Waals surface area contributed by atoms with E-state index in [1.807, 2.05) is 16.7 Å². The van der Waals surface area contributed by atoms with Crippen LogP contribution in [0.4, 0.5) is 0 Å². The molecule has 0 saturated carbocycles. The Bertz CT molecular complexity index is 1070. The van der Waals surface area contributed by atoms with Crippen LogP contribution in [-0.2, 0) is 6.54 Å². The molecule has 5 nitrogen and oxygen atoms in total. The first kappa shape index (κ1) is 22.0. The number of carboxylic acids is 1. The van der Waals surface area contributed by atoms with Crippen LogP contribution < -0.4 is 5.43 Å². The maximum atomic E-state index is 12.2. The molecule has 1 N–H and O–H groups in total. The summed E-state index contributed by atoms with van der Waals surface area (Å²) in [5.41, 5.74) is 2.52. The molecular formula is C27H30N2O3. The molecule has 2 heterocycles. The minimum absolute atomic E-state index is 0.154. The van der Waals surface area contributed by atoms with E-state index < -0.39 is 11.4 Å². The first-order valence-electron chi connectivity index (χ1n) is 11.3. The molecule has 1 unspecified atom stereocenters. The summed E-state index contributed by atoms with van der Waals surface area (Å²) in [6.45, 7) is 4.29. The lowest BCUT2D eigenvalue weighted by Crippen LogP contribution is -2.44. The third-order valence-electron chi connectivity index (χ3n) is 6.48. The van der Waals surface area contributed by atoms with Gasteiger partial charge in [0.05, 0.1) is 0 Å². The molecule has 1 aromatic heterocycles. The number of pyridine rings is 1. The number of piperidine rings is 1. The van der Waals surface area contributed by atoms with Crippen LogP contribution in [0.1, 0.15) is 52.2 Å². The Morgan fingerprint density at radius 2 is 1.62 bits per heavy atom. The quantitative estimate of drug-likeness (QED) is 0.598. The lowest BCUT2D eigenvalue weighted by atomic mass is 9.89. The summed E-state index contributed by atoms with van der Waals surface area (Å²) in [4.78, 5) is 26.2. The smallest absolute Gasteiger partial charge is 0.341 e. The van der Waals surface area contributed by atoms with Gasteiger partial charge in [-0.15, -0.1) is 0 Å². The highest BCUT2D eigenvalue weighted by Crippen LogP contribution is 2.29. The highest BCUT2D eigenvalue weighted by molar-refractivity contribution is 5.87. The lowest BCUT2D eigenvalue weighted by molar-refractivity contribution is 0.0693. The highest BCUT2D eigenvalue weighted by Gasteiger charge is 2.27. The summed E-state index contributed by atoms with van der Waals surface area (Å²) in [6.07, 6.45) is 6.66. The topological polar surface area (TPSA) is 62.5 Å². The van der Waals surface area contributed by atoms with E-state index in [1.165, 1.54) is 17.3 Å². The standard InChI is InChI=1S/C27H30N2O3/c1-20-16-28(18-25(26(20)30)27(31)32)17-23-14-8-9-15-29(23)19-24(21-10-4-2-5-11-21)22-12-6-3-7-13-22/h2-7,10-13,16,18,23-24H,8-9,14-15,17,19H2,1H3,(H,31,32). The van der Waals surface area contributed by atoms with Crippen LogP contribution in [0.25, 0.3) is 0 Å². The van der Waals surface area contributed by atoms with Crippen molar-refractivity contribution in [2.75, 3.05) is 13.1 Å². The Hall–Kier alpha value is -3.18. The summed E-state index contributed by atoms with van der Waals surface area (Å²) in [7, 11) is 0. The van der Waals surface area contributed by atoms with Crippen molar-refractivity contribution < 1.29 is 9.90 Å². The highest BCUT2D eigenvalue weighted by atomic mass is 16.4. The Labute approximate surface area is 188 Å². The van der Waals surface area contributed by atoms with Crippen molar-refractivity contribution in [1.29, 1.82) is 0 Å². The second-order valence-corrected chi connectivity index (χ2v) is 8.70. The van der Waals surface area contributed by atoms with Crippen molar-refractivity contribution in [2.24, 2.45) is 0 Å². The van der Waals surface area contributed by atoms with Gasteiger partial charge >= 0.3 is 5.97 Å². The van der Waals surface area contributed by atoms with Crippen molar-refractivity contribution in [3.63, 3.8) is 0 Å². The minimum Gasteiger partial charge on any atom is -0.477 e. The molecule has 3 aromatic rings. The summed E-state index contributed by atoms with van der Waals surface area (Å²) in [5, 5.41) is 9.42. The van der Waals surface area contributed by atoms with E-state index >= 15 is 0 Å². The zero-order valence-corrected chi connectivity index (χ0v) is 18.5. The predicted molar refractivity (Wildman–Crippen MR) is 126 cm³/mol. The number of aromatic nitrogens is 1. The van der Waals surface area contributed by atoms with Crippen molar-refractivity contribution in [3.8, 4) is 0 Å². The Balaban J connectivity index is 1.60. The van der Waals surface area contributed by atoms with Gasteiger partial charge in [0.1, 0.15) is 5.56 Å². The van der Waals surface area contributed by atoms with Crippen LogP contribution in [0.15, 0.2) is 77.9 Å². The number of carboxylic acid groups (broad SMARTS) is 1. The van der Waals surface area contributed by atoms with Crippen LogP contribution >= 0.6 is 0 Å². The third-order valence-corrected chi connectivity index (χ3v) is 6.48. The first-order chi connectivity index (χ1) is 15.5. The molecule has 0 aliphatic carbocycles. The van der Waals surface area contributed by atoms with Gasteiger partial charge in [0, 0.05) is 43.0 Å². The van der Waals surface area contributed by atoms with Crippen LogP contribution in [-0.4, -0.2) is 39.7 Å². The van der Waals surface area contributed by atoms with Crippen molar-refractivity contribution in [3.05, 3.63) is 106 Å². The van der Waals surface area contributed by atoms with E-state index in [1.54, 1.807) is 13.1 Å². The summed E-state index contributed by atoms with van der Waals surface area (Å²) in [5.74, 6) is -0.899. The molecule has 4 rings (SSSR count). The number of hydrogen-bond donors (Lipinski definition) is 1. The monoisotopic (exact) mass is 430 g/mol. The van der Waals surface area contributed by atoms with Gasteiger partial charge in [0.15, 0.2) is 5.43 Å². The fourth-order valence-corrected chi connectivity index (χ4v) is 4.80. The van der Waals surface area contributed by atoms with Crippen molar-refractivity contribution in [1.82, 2.24) is 9.47 Å². The zero-order valence-electron chi connectivity index (χ0n) is 18.5. The second kappa shape index (κ2) is 9.96. The SMILES string of the molecule is Cc1cn(CC2CCCCN2CC(c2ccccc2)c2ccccc2)cc(C(=O)O)c1=O. The van der Waals surface area contributed by atoms with Crippen LogP contribution in [0.2, 0.25) is 0 Å². The molecule has 32 heavy (non-hydrogen) atoms. The van der Waals surface area contributed by atoms with Gasteiger partial charge in [-0.1, -0.05) is 67.1 Å². The van der Waals surface area contributed by atoms with Gasteiger partial charge in [-0.05, 0) is 37.4 Å². The normalized spacial score (nSPS) is 16.9. The summed E-state index contributed by atoms with van der Waals surface area (Å²) < 4.78 is 1.89. The summed E-state index contributed by atoms with van der Waals surface area (Å²) >= 11 is 0. The Morgan fingerprint density at radius 1 is 1.00 bits per heavy atom. The summed E-state index contributed by atoms with van der Waals surface area (Å²) in [6, 6.07) is 21.5. The minimum atomic E-state index is -1.17. The van der Waals surface area contributed by atoms with Gasteiger partial charge in [-0.25, -0.2) is 4.79 Å². The van der Waals surface area contributed by atoms with Gasteiger partial charge < -0.3 is 9.67 Å². The van der Waals surface area contributed by atoms with Gasteiger partial charge in [0.25, 0.3) is 0 Å². The predicted octanol–water partition coefficient (Wildman–Crippen LogP) is 4.54. The van der Waals surface area contributed by atoms with E-state index in [0.29, 0.717) is 18.2 Å². The Morgan fingerprint density at radius 3 is 2.22 bits per heavy atom. The fraction of sp³-hybridized carbons (Fsp3) is 0.333. The van der Waals surface area contributed by atoms with E-state index in [4.69, 9.17) is 0 Å². The number of carbonyl (C=O) groups is 1. The molecule has 1 saturated heterocycles. The van der Waals surface area contributed by atoms with Crippen LogP contribution in [0.3, 0.4) is 0 Å². The van der Waals surface area contributed by atoms with Crippen molar-refractivity contribution in [2.45, 2.75) is 44.7 Å². The number of rotatable bonds is 7. The number of aryl methyl sites for hydroxylation is 1. The van der Waals surface area contributed by atoms with E-state index in [0.717, 1.165) is 32.4 Å². The molecule has 1 aliphatic rings. The maximum Gasteiger partial charge on any atom is 0.341 e. The van der Waals surface area contributed by atoms with Gasteiger partial charge in [0.2, 0.25) is 0 Å². The van der Waals surface area contributed by atoms with E-state index in [2.05, 4.69) is 53.4 Å². The van der Waals surface area contributed by atoms with Gasteiger partial charge in [-0.3, -0.25) is 9.69 Å². The second-order valence-electron chi connectivity index (χ2n) is 8.70. The molecule has 0 spiro atoms. The number of hydrogen-bond acceptors (Lipinski definition) is 3. The molecule has 1 atom stereocenters. The van der Waals surface area contributed by atoms with Gasteiger partial charge in [-0.2, -0.15) is 0 Å². The van der Waals surface area contributed by atoms with E-state index in [-0.39, 0.29) is 11.5 Å². The van der Waals surface area contributed by atoms with Crippen LogP contribution in [0, 0.1) is 6.92 Å². The Kier molecular flexibility index (Phi) is 6.86. The molecule has 5 heteroatoms. The lowest BCUT2D eigenvalue weighted by Gasteiger charge is -2.38. The number of benzene rings is 2. The van der Waals surface area contributed by atoms with E-state index in [9.17, 15) is 14.7 Å².